The maximum absolute atomic E-state index is 5.28. The van der Waals surface area contributed by atoms with Crippen molar-refractivity contribution in [3.63, 3.8) is 0 Å². The summed E-state index contributed by atoms with van der Waals surface area (Å²) in [5.74, 6) is 3.64. The summed E-state index contributed by atoms with van der Waals surface area (Å²) in [5, 5.41) is 2.32. The van der Waals surface area contributed by atoms with Gasteiger partial charge >= 0.3 is 0 Å². The molecule has 0 bridgehead atoms. The van der Waals surface area contributed by atoms with Gasteiger partial charge in [-0.15, -0.1) is 0 Å². The van der Waals surface area contributed by atoms with E-state index in [-0.39, 0.29) is 5.41 Å². The molecular weight excluding hydrogens is 759 g/mol. The van der Waals surface area contributed by atoms with E-state index in [1.807, 2.05) is 6.20 Å². The zero-order valence-electron chi connectivity index (χ0n) is 36.5. The van der Waals surface area contributed by atoms with Gasteiger partial charge in [0.25, 0.3) is 0 Å². The molecule has 7 nitrogen and oxygen atoms in total. The first-order valence-corrected chi connectivity index (χ1v) is 21.7. The maximum atomic E-state index is 5.28. The minimum atomic E-state index is -0.0267. The standard InChI is InChI=1S/C55H51N7/c1-35(2)37-19-21-39(22-20-37)52-57-53(40-13-12-14-44(31-40)61-34-60(48-17-10-11-18-49(48)61)43-26-23-38(24-27-43)36(3)4)59-54(58-52)41-25-28-46-45-15-8-9-16-47(45)62(50(46)32-41)51-33-42(29-30-56-51)55(5,6)7/h8-33,35-36H,34H2,1-7H3. The Kier molecular flexibility index (Phi) is 9.70. The molecule has 6 aromatic carbocycles. The predicted octanol–water partition coefficient (Wildman–Crippen LogP) is 14.2. The Morgan fingerprint density at radius 1 is 0.484 bits per heavy atom. The summed E-state index contributed by atoms with van der Waals surface area (Å²) in [5.41, 5.74) is 13.3. The second-order valence-corrected chi connectivity index (χ2v) is 18.1. The fraction of sp³-hybridized carbons (Fsp3) is 0.200. The second-order valence-electron chi connectivity index (χ2n) is 18.1. The Balaban J connectivity index is 1.10. The van der Waals surface area contributed by atoms with Crippen molar-refractivity contribution in [3.05, 3.63) is 175 Å². The molecule has 0 fully saturated rings. The van der Waals surface area contributed by atoms with Gasteiger partial charge in [0.05, 0.1) is 22.4 Å². The second kappa shape index (κ2) is 15.4. The number of nitrogens with zero attached hydrogens (tertiary/aromatic N) is 7. The average Bonchev–Trinajstić information content (AvgIpc) is 3.85. The summed E-state index contributed by atoms with van der Waals surface area (Å²) in [4.78, 5) is 25.4. The van der Waals surface area contributed by atoms with Gasteiger partial charge < -0.3 is 9.80 Å². The fourth-order valence-electron chi connectivity index (χ4n) is 8.65. The van der Waals surface area contributed by atoms with Crippen LogP contribution in [-0.4, -0.2) is 31.2 Å². The molecule has 0 amide bonds. The van der Waals surface area contributed by atoms with Crippen LogP contribution >= 0.6 is 0 Å². The van der Waals surface area contributed by atoms with E-state index in [1.54, 1.807) is 0 Å². The quantitative estimate of drug-likeness (QED) is 0.152. The SMILES string of the molecule is CC(C)c1ccc(-c2nc(-c3cccc(N4CN(c5ccc(C(C)C)cc5)c5ccccc54)c3)nc(-c3ccc4c5ccccc5n(-c5cc(C(C)(C)C)ccn5)c4c3)n2)cc1. The smallest absolute Gasteiger partial charge is 0.164 e. The molecule has 0 unspecified atom stereocenters. The molecule has 0 radical (unpaired) electrons. The van der Waals surface area contributed by atoms with Gasteiger partial charge in [-0.3, -0.25) is 4.57 Å². The van der Waals surface area contributed by atoms with Gasteiger partial charge in [-0.05, 0) is 94.6 Å². The Morgan fingerprint density at radius 3 is 1.71 bits per heavy atom. The lowest BCUT2D eigenvalue weighted by Crippen LogP contribution is -2.23. The Hall–Kier alpha value is -7.12. The van der Waals surface area contributed by atoms with Crippen LogP contribution in [0.25, 0.3) is 61.8 Å². The summed E-state index contributed by atoms with van der Waals surface area (Å²) >= 11 is 0. The zero-order chi connectivity index (χ0) is 42.7. The fourth-order valence-corrected chi connectivity index (χ4v) is 8.65. The number of rotatable bonds is 8. The number of benzene rings is 6. The van der Waals surface area contributed by atoms with Crippen LogP contribution in [0.15, 0.2) is 158 Å². The number of fused-ring (bicyclic) bond motifs is 4. The van der Waals surface area contributed by atoms with E-state index in [0.29, 0.717) is 36.0 Å². The van der Waals surface area contributed by atoms with E-state index in [2.05, 4.69) is 214 Å². The first-order chi connectivity index (χ1) is 30.0. The Morgan fingerprint density at radius 2 is 1.05 bits per heavy atom. The van der Waals surface area contributed by atoms with Gasteiger partial charge in [-0.25, -0.2) is 19.9 Å². The van der Waals surface area contributed by atoms with Crippen molar-refractivity contribution in [1.82, 2.24) is 24.5 Å². The van der Waals surface area contributed by atoms with E-state index in [9.17, 15) is 0 Å². The topological polar surface area (TPSA) is 63.0 Å². The molecule has 7 heteroatoms. The summed E-state index contributed by atoms with van der Waals surface area (Å²) in [6.45, 7) is 16.3. The van der Waals surface area contributed by atoms with Gasteiger partial charge in [-0.1, -0.05) is 139 Å². The van der Waals surface area contributed by atoms with Crippen molar-refractivity contribution in [2.45, 2.75) is 65.7 Å². The van der Waals surface area contributed by atoms with Crippen LogP contribution in [0.2, 0.25) is 0 Å². The van der Waals surface area contributed by atoms with Crippen molar-refractivity contribution >= 4 is 44.6 Å². The van der Waals surface area contributed by atoms with Crippen molar-refractivity contribution in [2.75, 3.05) is 16.5 Å². The minimum absolute atomic E-state index is 0.0267. The first kappa shape index (κ1) is 39.0. The lowest BCUT2D eigenvalue weighted by molar-refractivity contribution is 0.588. The van der Waals surface area contributed by atoms with Crippen molar-refractivity contribution in [1.29, 1.82) is 0 Å². The van der Waals surface area contributed by atoms with Gasteiger partial charge in [0.15, 0.2) is 17.5 Å². The largest absolute Gasteiger partial charge is 0.321 e. The Labute approximate surface area is 364 Å². The molecule has 0 saturated carbocycles. The molecular formula is C55H51N7. The van der Waals surface area contributed by atoms with Gasteiger partial charge in [0, 0.05) is 45.0 Å². The first-order valence-electron chi connectivity index (χ1n) is 21.7. The summed E-state index contributed by atoms with van der Waals surface area (Å²) < 4.78 is 2.27. The van der Waals surface area contributed by atoms with Gasteiger partial charge in [-0.2, -0.15) is 0 Å². The molecule has 10 rings (SSSR count). The van der Waals surface area contributed by atoms with E-state index >= 15 is 0 Å². The van der Waals surface area contributed by atoms with Crippen molar-refractivity contribution in [3.8, 4) is 40.0 Å². The van der Waals surface area contributed by atoms with Gasteiger partial charge in [0.2, 0.25) is 0 Å². The lowest BCUT2D eigenvalue weighted by Gasteiger charge is -2.23. The van der Waals surface area contributed by atoms with E-state index < -0.39 is 0 Å². The molecule has 3 aromatic heterocycles. The van der Waals surface area contributed by atoms with E-state index in [1.165, 1.54) is 33.5 Å². The van der Waals surface area contributed by atoms with Crippen LogP contribution in [0.1, 0.15) is 77.0 Å². The highest BCUT2D eigenvalue weighted by Gasteiger charge is 2.28. The third-order valence-corrected chi connectivity index (χ3v) is 12.3. The van der Waals surface area contributed by atoms with Crippen molar-refractivity contribution < 1.29 is 0 Å². The molecule has 306 valence electrons. The third-order valence-electron chi connectivity index (χ3n) is 12.3. The van der Waals surface area contributed by atoms with Gasteiger partial charge in [0.1, 0.15) is 12.5 Å². The molecule has 1 aliphatic rings. The van der Waals surface area contributed by atoms with Crippen LogP contribution < -0.4 is 9.80 Å². The molecule has 0 saturated heterocycles. The molecule has 9 aromatic rings. The highest BCUT2D eigenvalue weighted by molar-refractivity contribution is 6.10. The maximum Gasteiger partial charge on any atom is 0.164 e. The number of hydrogen-bond donors (Lipinski definition) is 0. The summed E-state index contributed by atoms with van der Waals surface area (Å²) in [7, 11) is 0. The normalized spacial score (nSPS) is 12.9. The van der Waals surface area contributed by atoms with Crippen LogP contribution in [0, 0.1) is 0 Å². The molecule has 62 heavy (non-hydrogen) atoms. The van der Waals surface area contributed by atoms with Crippen LogP contribution in [-0.2, 0) is 5.41 Å². The zero-order valence-corrected chi connectivity index (χ0v) is 36.5. The Bertz CT molecular complexity index is 3100. The number of hydrogen-bond acceptors (Lipinski definition) is 6. The van der Waals surface area contributed by atoms with Crippen molar-refractivity contribution in [2.24, 2.45) is 0 Å². The molecule has 0 spiro atoms. The monoisotopic (exact) mass is 809 g/mol. The highest BCUT2D eigenvalue weighted by Crippen LogP contribution is 2.45. The minimum Gasteiger partial charge on any atom is -0.321 e. The molecule has 0 N–H and O–H groups in total. The lowest BCUT2D eigenvalue weighted by atomic mass is 9.88. The third kappa shape index (κ3) is 7.07. The van der Waals surface area contributed by atoms with Crippen LogP contribution in [0.4, 0.5) is 22.7 Å². The van der Waals surface area contributed by atoms with E-state index in [0.717, 1.165) is 50.3 Å². The molecule has 0 atom stereocenters. The molecule has 4 heterocycles. The molecule has 0 aliphatic carbocycles. The van der Waals surface area contributed by atoms with Crippen LogP contribution in [0.5, 0.6) is 0 Å². The number of pyridine rings is 1. The highest BCUT2D eigenvalue weighted by atomic mass is 15.4. The summed E-state index contributed by atoms with van der Waals surface area (Å²) in [6.07, 6.45) is 1.92. The predicted molar refractivity (Wildman–Crippen MR) is 257 cm³/mol. The molecule has 1 aliphatic heterocycles. The van der Waals surface area contributed by atoms with Crippen LogP contribution in [0.3, 0.4) is 0 Å². The number of aromatic nitrogens is 5. The number of para-hydroxylation sites is 3. The number of anilines is 4. The van der Waals surface area contributed by atoms with E-state index in [4.69, 9.17) is 19.9 Å². The summed E-state index contributed by atoms with van der Waals surface area (Å²) in [6, 6.07) is 54.3. The average molecular weight is 810 g/mol.